The van der Waals surface area contributed by atoms with Crippen molar-refractivity contribution in [3.05, 3.63) is 0 Å². The van der Waals surface area contributed by atoms with Gasteiger partial charge in [0.25, 0.3) is 0 Å². The Morgan fingerprint density at radius 3 is 2.34 bits per heavy atom. The average molecular weight is 414 g/mol. The van der Waals surface area contributed by atoms with Crippen LogP contribution in [0.4, 0.5) is 0 Å². The van der Waals surface area contributed by atoms with Gasteiger partial charge in [0.05, 0.1) is 37.3 Å². The van der Waals surface area contributed by atoms with Crippen molar-refractivity contribution in [3.8, 4) is 0 Å². The molecule has 7 nitrogen and oxygen atoms in total. The van der Waals surface area contributed by atoms with Crippen molar-refractivity contribution in [2.75, 3.05) is 41.4 Å². The molecule has 170 valence electrons. The molecule has 0 saturated carbocycles. The van der Waals surface area contributed by atoms with E-state index in [4.69, 9.17) is 9.47 Å². The Balaban J connectivity index is 2.99. The third-order valence-electron chi connectivity index (χ3n) is 6.38. The van der Waals surface area contributed by atoms with E-state index in [-0.39, 0.29) is 55.0 Å². The fourth-order valence-electron chi connectivity index (χ4n) is 4.63. The summed E-state index contributed by atoms with van der Waals surface area (Å²) in [6.07, 6.45) is 2.83. The normalized spacial score (nSPS) is 21.1. The quantitative estimate of drug-likeness (QED) is 0.531. The zero-order chi connectivity index (χ0) is 22.1. The molecule has 0 bridgehead atoms. The van der Waals surface area contributed by atoms with Crippen LogP contribution in [0.15, 0.2) is 0 Å². The first kappa shape index (κ1) is 25.9. The fourth-order valence-corrected chi connectivity index (χ4v) is 4.63. The molecule has 0 aliphatic carbocycles. The van der Waals surface area contributed by atoms with Crippen LogP contribution in [0.3, 0.4) is 0 Å². The topological polar surface area (TPSA) is 71.1 Å². The van der Waals surface area contributed by atoms with Gasteiger partial charge >= 0.3 is 0 Å². The van der Waals surface area contributed by atoms with Gasteiger partial charge in [-0.25, -0.2) is 0 Å². The van der Waals surface area contributed by atoms with Crippen molar-refractivity contribution in [2.24, 2.45) is 11.8 Å². The van der Waals surface area contributed by atoms with Crippen LogP contribution in [0.5, 0.6) is 0 Å². The summed E-state index contributed by atoms with van der Waals surface area (Å²) < 4.78 is 11.5. The van der Waals surface area contributed by atoms with Gasteiger partial charge in [-0.05, 0) is 31.7 Å². The number of likely N-dealkylation sites (N-methyl/N-ethyl adjacent to an activating group) is 2. The van der Waals surface area contributed by atoms with E-state index < -0.39 is 0 Å². The van der Waals surface area contributed by atoms with Gasteiger partial charge in [-0.15, -0.1) is 0 Å². The number of carbonyl (C=O) groups is 2. The van der Waals surface area contributed by atoms with Gasteiger partial charge in [0.2, 0.25) is 11.8 Å². The molecule has 0 aromatic heterocycles. The number of rotatable bonds is 12. The van der Waals surface area contributed by atoms with Crippen molar-refractivity contribution >= 4 is 11.8 Å². The summed E-state index contributed by atoms with van der Waals surface area (Å²) in [6.45, 7) is 9.51. The van der Waals surface area contributed by atoms with Gasteiger partial charge in [0.1, 0.15) is 0 Å². The summed E-state index contributed by atoms with van der Waals surface area (Å²) in [5.74, 6) is 0.653. The molecule has 1 heterocycles. The van der Waals surface area contributed by atoms with Crippen molar-refractivity contribution in [1.82, 2.24) is 15.1 Å². The standard InChI is InChI=1S/C22H43N3O4/c1-9-16(4)21(24(6)20(27)14-23-5)18(28-7)13-19(26)25-12-10-11-17(25)22(29-8)15(2)3/h15-18,21-23H,9-14H2,1-8H3/t16-,17-,18+,21-,22+/m0/s1. The van der Waals surface area contributed by atoms with Gasteiger partial charge < -0.3 is 24.6 Å². The molecule has 0 spiro atoms. The maximum absolute atomic E-state index is 13.3. The first-order valence-corrected chi connectivity index (χ1v) is 11.0. The number of hydrogen-bond acceptors (Lipinski definition) is 5. The van der Waals surface area contributed by atoms with E-state index in [0.29, 0.717) is 5.92 Å². The van der Waals surface area contributed by atoms with Crippen LogP contribution in [-0.4, -0.2) is 87.3 Å². The van der Waals surface area contributed by atoms with Crippen LogP contribution in [0.25, 0.3) is 0 Å². The summed E-state index contributed by atoms with van der Waals surface area (Å²) in [6, 6.07) is -0.0464. The van der Waals surface area contributed by atoms with Gasteiger partial charge in [-0.2, -0.15) is 0 Å². The van der Waals surface area contributed by atoms with E-state index in [1.807, 2.05) is 11.9 Å². The highest BCUT2D eigenvalue weighted by Crippen LogP contribution is 2.28. The Morgan fingerprint density at radius 1 is 1.21 bits per heavy atom. The molecular weight excluding hydrogens is 370 g/mol. The second-order valence-corrected chi connectivity index (χ2v) is 8.63. The van der Waals surface area contributed by atoms with Crippen molar-refractivity contribution < 1.29 is 19.1 Å². The van der Waals surface area contributed by atoms with E-state index >= 15 is 0 Å². The number of methoxy groups -OCH3 is 2. The van der Waals surface area contributed by atoms with Gasteiger partial charge in [-0.1, -0.05) is 34.1 Å². The Hall–Kier alpha value is -1.18. The summed E-state index contributed by atoms with van der Waals surface area (Å²) >= 11 is 0. The molecule has 1 aliphatic heterocycles. The minimum absolute atomic E-state index is 0.00519. The average Bonchev–Trinajstić information content (AvgIpc) is 3.16. The zero-order valence-electron chi connectivity index (χ0n) is 19.7. The molecule has 2 amide bonds. The van der Waals surface area contributed by atoms with Crippen LogP contribution in [0.1, 0.15) is 53.4 Å². The lowest BCUT2D eigenvalue weighted by atomic mass is 9.90. The maximum Gasteiger partial charge on any atom is 0.236 e. The summed E-state index contributed by atoms with van der Waals surface area (Å²) in [7, 11) is 6.93. The summed E-state index contributed by atoms with van der Waals surface area (Å²) in [5, 5.41) is 2.92. The monoisotopic (exact) mass is 413 g/mol. The molecule has 1 saturated heterocycles. The van der Waals surface area contributed by atoms with Crippen molar-refractivity contribution in [2.45, 2.75) is 77.7 Å². The largest absolute Gasteiger partial charge is 0.379 e. The molecule has 5 atom stereocenters. The van der Waals surface area contributed by atoms with Gasteiger partial charge in [0, 0.05) is 27.8 Å². The molecule has 0 radical (unpaired) electrons. The van der Waals surface area contributed by atoms with E-state index in [0.717, 1.165) is 25.8 Å². The molecular formula is C22H43N3O4. The number of hydrogen-bond donors (Lipinski definition) is 1. The fraction of sp³-hybridized carbons (Fsp3) is 0.909. The molecule has 29 heavy (non-hydrogen) atoms. The predicted octanol–water partition coefficient (Wildman–Crippen LogP) is 2.15. The molecule has 1 fully saturated rings. The number of ether oxygens (including phenoxy) is 2. The highest BCUT2D eigenvalue weighted by molar-refractivity contribution is 5.79. The van der Waals surface area contributed by atoms with E-state index in [2.05, 4.69) is 33.0 Å². The van der Waals surface area contributed by atoms with Crippen LogP contribution in [-0.2, 0) is 19.1 Å². The second kappa shape index (κ2) is 12.5. The van der Waals surface area contributed by atoms with Gasteiger partial charge in [0.15, 0.2) is 0 Å². The van der Waals surface area contributed by atoms with Crippen molar-refractivity contribution in [3.63, 3.8) is 0 Å². The molecule has 1 rings (SSSR count). The molecule has 7 heteroatoms. The van der Waals surface area contributed by atoms with Crippen molar-refractivity contribution in [1.29, 1.82) is 0 Å². The van der Waals surface area contributed by atoms with E-state index in [9.17, 15) is 9.59 Å². The maximum atomic E-state index is 13.3. The molecule has 0 aromatic rings. The second-order valence-electron chi connectivity index (χ2n) is 8.63. The smallest absolute Gasteiger partial charge is 0.236 e. The highest BCUT2D eigenvalue weighted by Gasteiger charge is 2.39. The molecule has 1 aliphatic rings. The van der Waals surface area contributed by atoms with E-state index in [1.165, 1.54) is 0 Å². The highest BCUT2D eigenvalue weighted by atomic mass is 16.5. The zero-order valence-corrected chi connectivity index (χ0v) is 19.7. The Labute approximate surface area is 177 Å². The van der Waals surface area contributed by atoms with E-state index in [1.54, 1.807) is 26.2 Å². The Bertz CT molecular complexity index is 514. The third kappa shape index (κ3) is 6.66. The number of nitrogens with zero attached hydrogens (tertiary/aromatic N) is 2. The lowest BCUT2D eigenvalue weighted by Crippen LogP contribution is -2.53. The predicted molar refractivity (Wildman–Crippen MR) is 116 cm³/mol. The SMILES string of the molecule is CC[C@H](C)[C@@H]([C@@H](CC(=O)N1CCC[C@H]1[C@H](OC)C(C)C)OC)N(C)C(=O)CNC. The van der Waals surface area contributed by atoms with Gasteiger partial charge in [-0.3, -0.25) is 9.59 Å². The number of amides is 2. The number of nitrogens with one attached hydrogen (secondary N) is 1. The first-order valence-electron chi connectivity index (χ1n) is 11.0. The minimum atomic E-state index is -0.343. The number of likely N-dealkylation sites (tertiary alicyclic amines) is 1. The van der Waals surface area contributed by atoms with Crippen LogP contribution < -0.4 is 5.32 Å². The summed E-state index contributed by atoms with van der Waals surface area (Å²) in [4.78, 5) is 29.5. The molecule has 0 unspecified atom stereocenters. The van der Waals surface area contributed by atoms with Crippen LogP contribution in [0.2, 0.25) is 0 Å². The Morgan fingerprint density at radius 2 is 1.86 bits per heavy atom. The van der Waals surface area contributed by atoms with Crippen LogP contribution in [0, 0.1) is 11.8 Å². The lowest BCUT2D eigenvalue weighted by Gasteiger charge is -2.39. The summed E-state index contributed by atoms with van der Waals surface area (Å²) in [5.41, 5.74) is 0. The minimum Gasteiger partial charge on any atom is -0.379 e. The Kier molecular flexibility index (Phi) is 11.1. The molecule has 0 aromatic carbocycles. The third-order valence-corrected chi connectivity index (χ3v) is 6.38. The van der Waals surface area contributed by atoms with Crippen LogP contribution >= 0.6 is 0 Å². The number of carbonyl (C=O) groups excluding carboxylic acids is 2. The lowest BCUT2D eigenvalue weighted by molar-refractivity contribution is -0.144. The molecule has 1 N–H and O–H groups in total. The first-order chi connectivity index (χ1) is 13.7.